The highest BCUT2D eigenvalue weighted by molar-refractivity contribution is 5.81. The Kier molecular flexibility index (Phi) is 3.28. The lowest BCUT2D eigenvalue weighted by molar-refractivity contribution is 0.285. The van der Waals surface area contributed by atoms with Crippen molar-refractivity contribution in [1.29, 1.82) is 0 Å². The maximum atomic E-state index is 13.0. The van der Waals surface area contributed by atoms with Crippen LogP contribution in [0.25, 0.3) is 22.3 Å². The molecule has 3 aromatic rings. The van der Waals surface area contributed by atoms with Crippen LogP contribution >= 0.6 is 0 Å². The number of nitrogens with one attached hydrogen (secondary N) is 2. The zero-order chi connectivity index (χ0) is 17.0. The third-order valence-corrected chi connectivity index (χ3v) is 5.64. The third kappa shape index (κ3) is 2.32. The maximum Gasteiger partial charge on any atom is 0.219 e. The molecule has 2 bridgehead atoms. The van der Waals surface area contributed by atoms with Crippen molar-refractivity contribution in [3.05, 3.63) is 46.2 Å². The molecule has 2 N–H and O–H groups in total. The van der Waals surface area contributed by atoms with Crippen LogP contribution in [0.15, 0.2) is 35.1 Å². The molecule has 6 nitrogen and oxygen atoms in total. The van der Waals surface area contributed by atoms with Gasteiger partial charge in [-0.2, -0.15) is 10.2 Å². The Morgan fingerprint density at radius 3 is 2.56 bits per heavy atom. The second-order valence-corrected chi connectivity index (χ2v) is 7.28. The summed E-state index contributed by atoms with van der Waals surface area (Å²) in [6.07, 6.45) is 4.61. The second kappa shape index (κ2) is 5.52. The first-order valence-electron chi connectivity index (χ1n) is 8.99. The van der Waals surface area contributed by atoms with Crippen molar-refractivity contribution in [1.82, 2.24) is 25.3 Å². The van der Waals surface area contributed by atoms with Crippen molar-refractivity contribution in [2.45, 2.75) is 50.7 Å². The van der Waals surface area contributed by atoms with Crippen LogP contribution in [0.5, 0.6) is 0 Å². The lowest BCUT2D eigenvalue weighted by Gasteiger charge is -2.29. The Hall–Kier alpha value is -2.47. The highest BCUT2D eigenvalue weighted by atomic mass is 16.1. The molecule has 2 saturated heterocycles. The van der Waals surface area contributed by atoms with E-state index in [1.165, 1.54) is 12.8 Å². The van der Waals surface area contributed by atoms with E-state index in [9.17, 15) is 4.79 Å². The molecule has 0 radical (unpaired) electrons. The van der Waals surface area contributed by atoms with Gasteiger partial charge in [-0.3, -0.25) is 9.89 Å². The van der Waals surface area contributed by atoms with Crippen molar-refractivity contribution in [3.63, 3.8) is 0 Å². The molecule has 1 aromatic carbocycles. The van der Waals surface area contributed by atoms with Gasteiger partial charge in [-0.15, -0.1) is 0 Å². The number of aromatic nitrogens is 4. The zero-order valence-electron chi connectivity index (χ0n) is 14.2. The minimum absolute atomic E-state index is 0.0411. The number of fused-ring (bicyclic) bond motifs is 3. The van der Waals surface area contributed by atoms with E-state index >= 15 is 0 Å². The first-order chi connectivity index (χ1) is 12.2. The van der Waals surface area contributed by atoms with Crippen molar-refractivity contribution < 1.29 is 0 Å². The van der Waals surface area contributed by atoms with Crippen molar-refractivity contribution in [2.75, 3.05) is 0 Å². The normalized spacial score (nSPS) is 25.6. The van der Waals surface area contributed by atoms with Crippen LogP contribution in [0.3, 0.4) is 0 Å². The number of hydrogen-bond donors (Lipinski definition) is 2. The highest BCUT2D eigenvalue weighted by Crippen LogP contribution is 2.35. The molecular formula is C19H21N5O. The molecule has 1 unspecified atom stereocenters. The predicted octanol–water partition coefficient (Wildman–Crippen LogP) is 2.55. The number of benzene rings is 1. The van der Waals surface area contributed by atoms with Gasteiger partial charge >= 0.3 is 0 Å². The summed E-state index contributed by atoms with van der Waals surface area (Å²) >= 11 is 0. The summed E-state index contributed by atoms with van der Waals surface area (Å²) in [6.45, 7) is 1.92. The van der Waals surface area contributed by atoms with Crippen LogP contribution in [0.1, 0.15) is 37.4 Å². The van der Waals surface area contributed by atoms with E-state index in [0.29, 0.717) is 29.2 Å². The maximum absolute atomic E-state index is 13.0. The Balaban J connectivity index is 1.63. The van der Waals surface area contributed by atoms with Gasteiger partial charge in [0.05, 0.1) is 17.1 Å². The lowest BCUT2D eigenvalue weighted by atomic mass is 10.00. The summed E-state index contributed by atoms with van der Waals surface area (Å²) in [6, 6.07) is 11.1. The lowest BCUT2D eigenvalue weighted by Crippen LogP contribution is -2.39. The molecule has 3 atom stereocenters. The molecule has 2 fully saturated rings. The molecule has 5 rings (SSSR count). The van der Waals surface area contributed by atoms with E-state index in [0.717, 1.165) is 29.7 Å². The molecule has 128 valence electrons. The molecule has 25 heavy (non-hydrogen) atoms. The molecule has 0 amide bonds. The van der Waals surface area contributed by atoms with E-state index < -0.39 is 0 Å². The van der Waals surface area contributed by atoms with E-state index in [1.807, 2.05) is 41.9 Å². The fourth-order valence-electron chi connectivity index (χ4n) is 4.49. The van der Waals surface area contributed by atoms with Crippen LogP contribution in [0, 0.1) is 6.92 Å². The van der Waals surface area contributed by atoms with Gasteiger partial charge in [0.2, 0.25) is 5.43 Å². The average molecular weight is 335 g/mol. The number of hydrogen-bond acceptors (Lipinski definition) is 4. The van der Waals surface area contributed by atoms with Crippen LogP contribution in [0.4, 0.5) is 0 Å². The van der Waals surface area contributed by atoms with Crippen LogP contribution < -0.4 is 10.7 Å². The highest BCUT2D eigenvalue weighted by Gasteiger charge is 2.35. The largest absolute Gasteiger partial charge is 0.311 e. The molecule has 2 aliphatic rings. The number of aromatic amines is 1. The Morgan fingerprint density at radius 2 is 1.84 bits per heavy atom. The molecule has 2 aliphatic heterocycles. The van der Waals surface area contributed by atoms with Crippen LogP contribution in [-0.4, -0.2) is 32.1 Å². The topological polar surface area (TPSA) is 75.6 Å². The van der Waals surface area contributed by atoms with Crippen molar-refractivity contribution in [2.24, 2.45) is 0 Å². The number of nitrogens with zero attached hydrogens (tertiary/aromatic N) is 3. The summed E-state index contributed by atoms with van der Waals surface area (Å²) in [5.41, 5.74) is 2.79. The number of rotatable bonds is 2. The summed E-state index contributed by atoms with van der Waals surface area (Å²) in [5, 5.41) is 16.6. The molecule has 0 aliphatic carbocycles. The molecule has 2 aromatic heterocycles. The van der Waals surface area contributed by atoms with Gasteiger partial charge in [-0.1, -0.05) is 30.3 Å². The summed E-state index contributed by atoms with van der Waals surface area (Å²) < 4.78 is 2.01. The molecule has 6 heteroatoms. The quantitative estimate of drug-likeness (QED) is 0.755. The summed E-state index contributed by atoms with van der Waals surface area (Å²) in [7, 11) is 0. The number of H-pyrrole nitrogens is 1. The van der Waals surface area contributed by atoms with Crippen molar-refractivity contribution in [3.8, 4) is 11.3 Å². The first kappa shape index (κ1) is 14.8. The van der Waals surface area contributed by atoms with E-state index in [-0.39, 0.29) is 5.43 Å². The number of piperidine rings is 1. The second-order valence-electron chi connectivity index (χ2n) is 7.28. The minimum atomic E-state index is -0.0411. The zero-order valence-corrected chi connectivity index (χ0v) is 14.2. The average Bonchev–Trinajstić information content (AvgIpc) is 3.15. The van der Waals surface area contributed by atoms with Gasteiger partial charge in [0.1, 0.15) is 5.69 Å². The van der Waals surface area contributed by atoms with Gasteiger partial charge in [-0.25, -0.2) is 4.68 Å². The summed E-state index contributed by atoms with van der Waals surface area (Å²) in [5.74, 6) is 0. The van der Waals surface area contributed by atoms with Gasteiger partial charge in [-0.05, 0) is 32.6 Å². The minimum Gasteiger partial charge on any atom is -0.311 e. The van der Waals surface area contributed by atoms with Crippen LogP contribution in [-0.2, 0) is 0 Å². The Morgan fingerprint density at radius 1 is 1.12 bits per heavy atom. The Bertz CT molecular complexity index is 978. The standard InChI is InChI=1S/C19H21N5O/c1-11-16-18(25)17(12-5-3-2-4-6-12)21-22-19(16)24(23-11)15-9-13-7-8-14(10-15)20-13/h2-6,13-15,20H,7-10H2,1H3,(H,22,25)/t13-,14+,15?. The third-order valence-electron chi connectivity index (χ3n) is 5.64. The smallest absolute Gasteiger partial charge is 0.219 e. The number of aryl methyl sites for hydroxylation is 1. The monoisotopic (exact) mass is 335 g/mol. The van der Waals surface area contributed by atoms with Crippen LogP contribution in [0.2, 0.25) is 0 Å². The van der Waals surface area contributed by atoms with E-state index in [4.69, 9.17) is 5.10 Å². The fraction of sp³-hybridized carbons (Fsp3) is 0.421. The van der Waals surface area contributed by atoms with Crippen molar-refractivity contribution >= 4 is 11.0 Å². The van der Waals surface area contributed by atoms with E-state index in [2.05, 4.69) is 15.5 Å². The molecule has 4 heterocycles. The van der Waals surface area contributed by atoms with Gasteiger partial charge < -0.3 is 5.32 Å². The molecule has 0 saturated carbocycles. The van der Waals surface area contributed by atoms with Gasteiger partial charge in [0.15, 0.2) is 5.65 Å². The van der Waals surface area contributed by atoms with E-state index in [1.54, 1.807) is 0 Å². The molecular weight excluding hydrogens is 314 g/mol. The predicted molar refractivity (Wildman–Crippen MR) is 96.5 cm³/mol. The summed E-state index contributed by atoms with van der Waals surface area (Å²) in [4.78, 5) is 13.0. The SMILES string of the molecule is Cc1nn(C2C[C@H]3CC[C@@H](C2)N3)c2[nH]nc(-c3ccccc3)c(=O)c12. The first-order valence-corrected chi connectivity index (χ1v) is 8.99. The Labute approximate surface area is 145 Å². The van der Waals surface area contributed by atoms with Gasteiger partial charge in [0, 0.05) is 17.6 Å². The molecule has 0 spiro atoms. The fourth-order valence-corrected chi connectivity index (χ4v) is 4.49. The van der Waals surface area contributed by atoms with Gasteiger partial charge in [0.25, 0.3) is 0 Å².